The molecule has 0 bridgehead atoms. The number of fused-ring (bicyclic) bond motifs is 1. The molecular formula is C21H21ClN4O6. The average Bonchev–Trinajstić information content (AvgIpc) is 3.44. The number of urea groups is 1. The van der Waals surface area contributed by atoms with Crippen molar-refractivity contribution < 1.29 is 28.6 Å². The Morgan fingerprint density at radius 2 is 1.97 bits per heavy atom. The molecule has 2 heterocycles. The minimum absolute atomic E-state index is 0.00609. The van der Waals surface area contributed by atoms with Crippen LogP contribution in [0, 0.1) is 0 Å². The van der Waals surface area contributed by atoms with Crippen LogP contribution in [0.2, 0.25) is 5.02 Å². The SMILES string of the molecule is COc1c(C[C@@H]2CC(c3ccc(Cl)cc3)=NO2)c(/C=N/NC(N)=O)c2c(c1OC)OCO2. The molecule has 1 atom stereocenters. The van der Waals surface area contributed by atoms with E-state index in [1.807, 2.05) is 12.1 Å². The molecule has 10 nitrogen and oxygen atoms in total. The monoisotopic (exact) mass is 460 g/mol. The number of oxime groups is 1. The fourth-order valence-electron chi connectivity index (χ4n) is 3.63. The maximum Gasteiger partial charge on any atom is 0.332 e. The molecule has 0 unspecified atom stereocenters. The third kappa shape index (κ3) is 4.22. The molecule has 4 rings (SSSR count). The summed E-state index contributed by atoms with van der Waals surface area (Å²) in [6, 6.07) is 6.60. The molecule has 32 heavy (non-hydrogen) atoms. The van der Waals surface area contributed by atoms with Crippen molar-refractivity contribution in [3.8, 4) is 23.0 Å². The molecule has 2 amide bonds. The molecule has 2 aromatic carbocycles. The molecule has 0 saturated heterocycles. The first kappa shape index (κ1) is 21.6. The van der Waals surface area contributed by atoms with Gasteiger partial charge in [0, 0.05) is 29.0 Å². The van der Waals surface area contributed by atoms with Crippen molar-refractivity contribution in [2.75, 3.05) is 21.0 Å². The van der Waals surface area contributed by atoms with Gasteiger partial charge in [-0.2, -0.15) is 5.10 Å². The molecular weight excluding hydrogens is 440 g/mol. The first-order valence-electron chi connectivity index (χ1n) is 9.65. The van der Waals surface area contributed by atoms with E-state index in [0.29, 0.717) is 52.0 Å². The number of hydrogen-bond acceptors (Lipinski definition) is 8. The van der Waals surface area contributed by atoms with E-state index in [2.05, 4.69) is 15.7 Å². The quantitative estimate of drug-likeness (QED) is 0.483. The van der Waals surface area contributed by atoms with Crippen LogP contribution in [0.3, 0.4) is 0 Å². The lowest BCUT2D eigenvalue weighted by molar-refractivity contribution is 0.0853. The predicted octanol–water partition coefficient (Wildman–Crippen LogP) is 2.82. The van der Waals surface area contributed by atoms with Crippen LogP contribution >= 0.6 is 11.6 Å². The maximum atomic E-state index is 11.1. The first-order chi connectivity index (χ1) is 15.5. The number of nitrogens with two attached hydrogens (primary N) is 1. The summed E-state index contributed by atoms with van der Waals surface area (Å²) in [6.07, 6.45) is 2.11. The Morgan fingerprint density at radius 1 is 1.25 bits per heavy atom. The summed E-state index contributed by atoms with van der Waals surface area (Å²) in [5.74, 6) is 1.65. The number of halogens is 1. The van der Waals surface area contributed by atoms with Crippen molar-refractivity contribution in [3.63, 3.8) is 0 Å². The van der Waals surface area contributed by atoms with Gasteiger partial charge in [0.2, 0.25) is 18.3 Å². The Bertz CT molecular complexity index is 1090. The van der Waals surface area contributed by atoms with Crippen molar-refractivity contribution >= 4 is 29.6 Å². The fourth-order valence-corrected chi connectivity index (χ4v) is 3.75. The Balaban J connectivity index is 1.67. The van der Waals surface area contributed by atoms with Gasteiger partial charge in [-0.3, -0.25) is 0 Å². The van der Waals surface area contributed by atoms with Gasteiger partial charge >= 0.3 is 6.03 Å². The predicted molar refractivity (Wildman–Crippen MR) is 117 cm³/mol. The zero-order chi connectivity index (χ0) is 22.7. The van der Waals surface area contributed by atoms with Gasteiger partial charge < -0.3 is 29.5 Å². The molecule has 0 aliphatic carbocycles. The van der Waals surface area contributed by atoms with Crippen molar-refractivity contribution in [1.29, 1.82) is 0 Å². The minimum atomic E-state index is -0.794. The van der Waals surface area contributed by atoms with Gasteiger partial charge in [-0.25, -0.2) is 10.2 Å². The van der Waals surface area contributed by atoms with Gasteiger partial charge in [0.15, 0.2) is 11.5 Å². The van der Waals surface area contributed by atoms with Crippen LogP contribution in [0.1, 0.15) is 23.1 Å². The van der Waals surface area contributed by atoms with E-state index in [9.17, 15) is 4.79 Å². The fraction of sp³-hybridized carbons (Fsp3) is 0.286. The highest BCUT2D eigenvalue weighted by Gasteiger charge is 2.33. The van der Waals surface area contributed by atoms with Gasteiger partial charge in [-0.1, -0.05) is 28.9 Å². The number of primary amides is 1. The van der Waals surface area contributed by atoms with Crippen LogP contribution < -0.4 is 30.1 Å². The molecule has 0 saturated carbocycles. The topological polar surface area (TPSA) is 126 Å². The Morgan fingerprint density at radius 3 is 2.66 bits per heavy atom. The highest BCUT2D eigenvalue weighted by molar-refractivity contribution is 6.30. The Labute approximate surface area is 188 Å². The third-order valence-corrected chi connectivity index (χ3v) is 5.24. The van der Waals surface area contributed by atoms with Gasteiger partial charge in [0.1, 0.15) is 6.10 Å². The normalized spacial score (nSPS) is 16.6. The number of amides is 2. The highest BCUT2D eigenvalue weighted by atomic mass is 35.5. The van der Waals surface area contributed by atoms with Crippen LogP contribution in [0.4, 0.5) is 4.79 Å². The number of rotatable bonds is 7. The zero-order valence-electron chi connectivity index (χ0n) is 17.4. The summed E-state index contributed by atoms with van der Waals surface area (Å²) < 4.78 is 22.4. The van der Waals surface area contributed by atoms with E-state index < -0.39 is 6.03 Å². The van der Waals surface area contributed by atoms with Crippen molar-refractivity contribution in [1.82, 2.24) is 5.43 Å². The van der Waals surface area contributed by atoms with Crippen LogP contribution in [-0.4, -0.2) is 45.1 Å². The second-order valence-corrected chi connectivity index (χ2v) is 7.37. The van der Waals surface area contributed by atoms with Crippen LogP contribution in [0.25, 0.3) is 0 Å². The van der Waals surface area contributed by atoms with Crippen molar-refractivity contribution in [2.45, 2.75) is 18.9 Å². The summed E-state index contributed by atoms with van der Waals surface area (Å²) in [6.45, 7) is 0.00609. The molecule has 3 N–H and O–H groups in total. The lowest BCUT2D eigenvalue weighted by atomic mass is 9.95. The van der Waals surface area contributed by atoms with Gasteiger partial charge in [-0.05, 0) is 17.7 Å². The second kappa shape index (κ2) is 9.23. The molecule has 2 aliphatic heterocycles. The van der Waals surface area contributed by atoms with E-state index in [0.717, 1.165) is 11.3 Å². The number of hydrazone groups is 1. The van der Waals surface area contributed by atoms with Crippen LogP contribution in [0.5, 0.6) is 23.0 Å². The number of nitrogens with zero attached hydrogens (tertiary/aromatic N) is 2. The number of hydrogen-bond donors (Lipinski definition) is 2. The summed E-state index contributed by atoms with van der Waals surface area (Å²) >= 11 is 5.98. The smallest absolute Gasteiger partial charge is 0.332 e. The van der Waals surface area contributed by atoms with Gasteiger partial charge in [-0.15, -0.1) is 0 Å². The van der Waals surface area contributed by atoms with Gasteiger partial charge in [0.05, 0.1) is 26.1 Å². The number of carbonyl (C=O) groups is 1. The summed E-state index contributed by atoms with van der Waals surface area (Å²) in [4.78, 5) is 16.8. The molecule has 0 fully saturated rings. The number of carbonyl (C=O) groups excluding carboxylic acids is 1. The van der Waals surface area contributed by atoms with Gasteiger partial charge in [0.25, 0.3) is 0 Å². The Kier molecular flexibility index (Phi) is 6.22. The lowest BCUT2D eigenvalue weighted by Gasteiger charge is -2.19. The maximum absolute atomic E-state index is 11.1. The molecule has 2 aromatic rings. The molecule has 0 radical (unpaired) electrons. The number of benzene rings is 2. The summed E-state index contributed by atoms with van der Waals surface area (Å²) in [7, 11) is 3.04. The van der Waals surface area contributed by atoms with E-state index in [4.69, 9.17) is 41.1 Å². The molecule has 0 spiro atoms. The van der Waals surface area contributed by atoms with Crippen molar-refractivity contribution in [2.24, 2.45) is 16.0 Å². The minimum Gasteiger partial charge on any atom is -0.492 e. The van der Waals surface area contributed by atoms with E-state index >= 15 is 0 Å². The lowest BCUT2D eigenvalue weighted by Crippen LogP contribution is -2.24. The zero-order valence-corrected chi connectivity index (χ0v) is 18.1. The molecule has 0 aromatic heterocycles. The largest absolute Gasteiger partial charge is 0.492 e. The molecule has 2 aliphatic rings. The number of nitrogens with one attached hydrogen (secondary N) is 1. The summed E-state index contributed by atoms with van der Waals surface area (Å²) in [5, 5.41) is 8.78. The van der Waals surface area contributed by atoms with E-state index in [1.54, 1.807) is 12.1 Å². The Hall–Kier alpha value is -3.66. The van der Waals surface area contributed by atoms with Crippen LogP contribution in [-0.2, 0) is 11.3 Å². The number of methoxy groups -OCH3 is 2. The standard InChI is InChI=1S/C21H21ClN4O6/c1-28-17-14(7-13-8-16(26-32-13)11-3-5-12(22)6-4-11)15(9-24-25-21(23)27)18-20(19(17)29-2)31-10-30-18/h3-6,9,13H,7-8,10H2,1-2H3,(H3,23,25,27)/b24-9+/t13-/m1/s1. The van der Waals surface area contributed by atoms with E-state index in [1.165, 1.54) is 20.4 Å². The third-order valence-electron chi connectivity index (χ3n) is 4.99. The first-order valence-corrected chi connectivity index (χ1v) is 10.0. The molecule has 168 valence electrons. The highest BCUT2D eigenvalue weighted by Crippen LogP contribution is 2.52. The summed E-state index contributed by atoms with van der Waals surface area (Å²) in [5.41, 5.74) is 10.3. The van der Waals surface area contributed by atoms with E-state index in [-0.39, 0.29) is 12.9 Å². The number of ether oxygens (including phenoxy) is 4. The second-order valence-electron chi connectivity index (χ2n) is 6.94. The van der Waals surface area contributed by atoms with Crippen LogP contribution in [0.15, 0.2) is 34.5 Å². The molecule has 11 heteroatoms. The average molecular weight is 461 g/mol. The van der Waals surface area contributed by atoms with Crippen molar-refractivity contribution in [3.05, 3.63) is 46.0 Å².